The third kappa shape index (κ3) is 5.20. The molecule has 0 aliphatic carbocycles. The fourth-order valence-corrected chi connectivity index (χ4v) is 4.92. The lowest BCUT2D eigenvalue weighted by molar-refractivity contribution is -0.384. The number of carbonyl (C=O) groups is 1. The Kier molecular flexibility index (Phi) is 6.79. The van der Waals surface area contributed by atoms with E-state index < -0.39 is 10.8 Å². The zero-order valence-electron chi connectivity index (χ0n) is 17.6. The number of anilines is 2. The van der Waals surface area contributed by atoms with Crippen molar-refractivity contribution in [2.75, 3.05) is 43.1 Å². The number of hydrogen-bond donors (Lipinski definition) is 1. The molecule has 1 amide bonds. The number of nitro benzene ring substituents is 1. The Balaban J connectivity index is 1.44. The van der Waals surface area contributed by atoms with Crippen LogP contribution in [0.3, 0.4) is 0 Å². The highest BCUT2D eigenvalue weighted by Crippen LogP contribution is 2.30. The van der Waals surface area contributed by atoms with Gasteiger partial charge < -0.3 is 9.64 Å². The molecule has 4 rings (SSSR count). The molecule has 2 aromatic rings. The van der Waals surface area contributed by atoms with E-state index in [-0.39, 0.29) is 11.3 Å². The Morgan fingerprint density at radius 1 is 1.32 bits per heavy atom. The number of likely N-dealkylation sites (tertiary alicyclic amines) is 1. The standard InChI is InChI=1S/C21H27N5O4S/c1-15-4-2-3-7-25(15)14-17-13-22-21(31-17)23-20(27)16-5-6-18(19(12-16)26(28)29)24-8-10-30-11-9-24/h5-6,12-13,15H,2-4,7-11,14H2,1H3,(H,22,23,27). The first-order valence-electron chi connectivity index (χ1n) is 10.6. The van der Waals surface area contributed by atoms with Crippen LogP contribution in [0.5, 0.6) is 0 Å². The van der Waals surface area contributed by atoms with E-state index in [1.54, 1.807) is 18.3 Å². The molecule has 0 radical (unpaired) electrons. The van der Waals surface area contributed by atoms with E-state index in [2.05, 4.69) is 22.1 Å². The smallest absolute Gasteiger partial charge is 0.293 e. The molecule has 31 heavy (non-hydrogen) atoms. The Morgan fingerprint density at radius 3 is 2.87 bits per heavy atom. The summed E-state index contributed by atoms with van der Waals surface area (Å²) in [6.07, 6.45) is 5.50. The summed E-state index contributed by atoms with van der Waals surface area (Å²) in [5, 5.41) is 14.9. The Bertz CT molecular complexity index is 944. The summed E-state index contributed by atoms with van der Waals surface area (Å²) in [5.74, 6) is -0.399. The summed E-state index contributed by atoms with van der Waals surface area (Å²) in [5.41, 5.74) is 0.676. The van der Waals surface area contributed by atoms with Crippen LogP contribution < -0.4 is 10.2 Å². The van der Waals surface area contributed by atoms with Crippen LogP contribution >= 0.6 is 11.3 Å². The van der Waals surface area contributed by atoms with E-state index in [1.165, 1.54) is 36.7 Å². The maximum atomic E-state index is 12.7. The maximum absolute atomic E-state index is 12.7. The number of nitrogens with one attached hydrogen (secondary N) is 1. The quantitative estimate of drug-likeness (QED) is 0.536. The van der Waals surface area contributed by atoms with Crippen molar-refractivity contribution < 1.29 is 14.5 Å². The highest BCUT2D eigenvalue weighted by atomic mass is 32.1. The lowest BCUT2D eigenvalue weighted by atomic mass is 10.0. The molecule has 1 aromatic heterocycles. The van der Waals surface area contributed by atoms with Crippen LogP contribution in [0, 0.1) is 10.1 Å². The predicted octanol–water partition coefficient (Wildman–Crippen LogP) is 3.51. The number of piperidine rings is 1. The number of thiazole rings is 1. The first kappa shape index (κ1) is 21.7. The lowest BCUT2D eigenvalue weighted by Gasteiger charge is -2.32. The van der Waals surface area contributed by atoms with Crippen LogP contribution in [0.1, 0.15) is 41.4 Å². The summed E-state index contributed by atoms with van der Waals surface area (Å²) in [4.78, 5) is 33.7. The SMILES string of the molecule is CC1CCCCN1Cc1cnc(NC(=O)c2ccc(N3CCOCC3)c([N+](=O)[O-])c2)s1. The van der Waals surface area contributed by atoms with Crippen LogP contribution in [0.25, 0.3) is 0 Å². The third-order valence-electron chi connectivity index (χ3n) is 5.86. The highest BCUT2D eigenvalue weighted by molar-refractivity contribution is 7.15. The third-order valence-corrected chi connectivity index (χ3v) is 6.76. The van der Waals surface area contributed by atoms with Crippen LogP contribution in [0.2, 0.25) is 0 Å². The number of nitrogens with zero attached hydrogens (tertiary/aromatic N) is 4. The first-order valence-corrected chi connectivity index (χ1v) is 11.4. The number of carbonyl (C=O) groups excluding carboxylic acids is 1. The Labute approximate surface area is 185 Å². The van der Waals surface area contributed by atoms with Gasteiger partial charge in [0.1, 0.15) is 5.69 Å². The molecule has 166 valence electrons. The van der Waals surface area contributed by atoms with Crippen molar-refractivity contribution in [1.29, 1.82) is 0 Å². The van der Waals surface area contributed by atoms with E-state index in [9.17, 15) is 14.9 Å². The van der Waals surface area contributed by atoms with Crippen molar-refractivity contribution >= 4 is 33.8 Å². The van der Waals surface area contributed by atoms with Crippen LogP contribution in [-0.2, 0) is 11.3 Å². The fourth-order valence-electron chi connectivity index (χ4n) is 4.08. The zero-order valence-corrected chi connectivity index (χ0v) is 18.4. The van der Waals surface area contributed by atoms with Gasteiger partial charge >= 0.3 is 0 Å². The number of rotatable bonds is 6. The predicted molar refractivity (Wildman–Crippen MR) is 120 cm³/mol. The second kappa shape index (κ2) is 9.71. The average molecular weight is 446 g/mol. The van der Waals surface area contributed by atoms with Crippen molar-refractivity contribution in [1.82, 2.24) is 9.88 Å². The molecule has 3 heterocycles. The van der Waals surface area contributed by atoms with Crippen LogP contribution in [0.4, 0.5) is 16.5 Å². The Hall–Kier alpha value is -2.56. The summed E-state index contributed by atoms with van der Waals surface area (Å²) in [6, 6.07) is 5.16. The number of ether oxygens (including phenoxy) is 1. The fraction of sp³-hybridized carbons (Fsp3) is 0.524. The van der Waals surface area contributed by atoms with Gasteiger partial charge in [0.2, 0.25) is 0 Å². The maximum Gasteiger partial charge on any atom is 0.293 e. The topological polar surface area (TPSA) is 101 Å². The van der Waals surface area contributed by atoms with Gasteiger partial charge in [-0.05, 0) is 38.4 Å². The lowest BCUT2D eigenvalue weighted by Crippen LogP contribution is -2.36. The summed E-state index contributed by atoms with van der Waals surface area (Å²) in [6.45, 7) is 6.39. The number of hydrogen-bond acceptors (Lipinski definition) is 8. The molecule has 9 nitrogen and oxygen atoms in total. The van der Waals surface area contributed by atoms with Gasteiger partial charge in [-0.1, -0.05) is 6.42 Å². The van der Waals surface area contributed by atoms with E-state index in [1.807, 2.05) is 4.90 Å². The molecule has 0 bridgehead atoms. The molecule has 2 fully saturated rings. The molecule has 1 aromatic carbocycles. The van der Waals surface area contributed by atoms with Crippen molar-refractivity contribution in [3.63, 3.8) is 0 Å². The number of morpholine rings is 1. The molecule has 1 N–H and O–H groups in total. The van der Waals surface area contributed by atoms with Gasteiger partial charge in [0, 0.05) is 48.4 Å². The normalized spacial score (nSPS) is 19.9. The van der Waals surface area contributed by atoms with Crippen molar-refractivity contribution in [2.24, 2.45) is 0 Å². The number of nitro groups is 1. The molecule has 1 unspecified atom stereocenters. The second-order valence-electron chi connectivity index (χ2n) is 7.96. The van der Waals surface area contributed by atoms with Gasteiger partial charge in [0.05, 0.1) is 18.1 Å². The number of benzene rings is 1. The van der Waals surface area contributed by atoms with E-state index in [0.717, 1.165) is 18.0 Å². The highest BCUT2D eigenvalue weighted by Gasteiger charge is 2.24. The van der Waals surface area contributed by atoms with Crippen molar-refractivity contribution in [3.05, 3.63) is 45.0 Å². The first-order chi connectivity index (χ1) is 15.0. The van der Waals surface area contributed by atoms with Crippen molar-refractivity contribution in [2.45, 2.75) is 38.8 Å². The minimum Gasteiger partial charge on any atom is -0.378 e. The molecular formula is C21H27N5O4S. The molecule has 2 aliphatic heterocycles. The average Bonchev–Trinajstić information content (AvgIpc) is 3.22. The zero-order chi connectivity index (χ0) is 21.8. The number of aromatic nitrogens is 1. The van der Waals surface area contributed by atoms with E-state index in [0.29, 0.717) is 43.2 Å². The van der Waals surface area contributed by atoms with Crippen molar-refractivity contribution in [3.8, 4) is 0 Å². The molecule has 1 atom stereocenters. The summed E-state index contributed by atoms with van der Waals surface area (Å²) in [7, 11) is 0. The van der Waals surface area contributed by atoms with Gasteiger partial charge in [-0.2, -0.15) is 0 Å². The molecule has 2 aliphatic rings. The van der Waals surface area contributed by atoms with Crippen LogP contribution in [-0.4, -0.2) is 59.6 Å². The van der Waals surface area contributed by atoms with Crippen LogP contribution in [0.15, 0.2) is 24.4 Å². The Morgan fingerprint density at radius 2 is 2.13 bits per heavy atom. The van der Waals surface area contributed by atoms with Gasteiger partial charge in [-0.25, -0.2) is 4.98 Å². The molecule has 2 saturated heterocycles. The largest absolute Gasteiger partial charge is 0.378 e. The summed E-state index contributed by atoms with van der Waals surface area (Å²) >= 11 is 1.45. The van der Waals surface area contributed by atoms with Gasteiger partial charge in [-0.3, -0.25) is 25.1 Å². The number of amides is 1. The van der Waals surface area contributed by atoms with Gasteiger partial charge in [0.15, 0.2) is 5.13 Å². The molecular weight excluding hydrogens is 418 g/mol. The molecule has 0 saturated carbocycles. The molecule has 0 spiro atoms. The minimum absolute atomic E-state index is 0.0755. The second-order valence-corrected chi connectivity index (χ2v) is 9.08. The molecule has 10 heteroatoms. The minimum atomic E-state index is -0.442. The van der Waals surface area contributed by atoms with E-state index >= 15 is 0 Å². The van der Waals surface area contributed by atoms with E-state index in [4.69, 9.17) is 4.74 Å². The summed E-state index contributed by atoms with van der Waals surface area (Å²) < 4.78 is 5.32. The monoisotopic (exact) mass is 445 g/mol. The van der Waals surface area contributed by atoms with Gasteiger partial charge in [0.25, 0.3) is 11.6 Å². The van der Waals surface area contributed by atoms with Gasteiger partial charge in [-0.15, -0.1) is 11.3 Å².